The van der Waals surface area contributed by atoms with Crippen molar-refractivity contribution >= 4 is 0 Å². The normalized spacial score (nSPS) is 15.8. The van der Waals surface area contributed by atoms with E-state index >= 15 is 0 Å². The predicted molar refractivity (Wildman–Crippen MR) is 66.7 cm³/mol. The lowest BCUT2D eigenvalue weighted by Crippen LogP contribution is -1.87. The summed E-state index contributed by atoms with van der Waals surface area (Å²) in [5.41, 5.74) is 9.38. The van der Waals surface area contributed by atoms with Crippen molar-refractivity contribution in [1.29, 1.82) is 0 Å². The van der Waals surface area contributed by atoms with Crippen LogP contribution in [0.3, 0.4) is 0 Å². The second-order valence-corrected chi connectivity index (χ2v) is 4.92. The second kappa shape index (κ2) is 2.98. The highest BCUT2D eigenvalue weighted by atomic mass is 14.3. The van der Waals surface area contributed by atoms with Gasteiger partial charge in [-0.2, -0.15) is 0 Å². The highest BCUT2D eigenvalue weighted by molar-refractivity contribution is 5.80. The van der Waals surface area contributed by atoms with Gasteiger partial charge in [-0.1, -0.05) is 36.4 Å². The minimum absolute atomic E-state index is 1.23. The van der Waals surface area contributed by atoms with Gasteiger partial charge in [-0.15, -0.1) is 0 Å². The van der Waals surface area contributed by atoms with E-state index in [2.05, 4.69) is 36.4 Å². The fourth-order valence-corrected chi connectivity index (χ4v) is 3.03. The largest absolute Gasteiger partial charge is 0.0620 e. The molecule has 0 N–H and O–H groups in total. The first-order valence-corrected chi connectivity index (χ1v) is 6.15. The van der Waals surface area contributed by atoms with Crippen LogP contribution in [-0.4, -0.2) is 0 Å². The number of fused-ring (bicyclic) bond motifs is 5. The molecule has 16 heavy (non-hydrogen) atoms. The van der Waals surface area contributed by atoms with E-state index in [0.717, 1.165) is 0 Å². The van der Waals surface area contributed by atoms with E-state index in [1.54, 1.807) is 27.8 Å². The van der Waals surface area contributed by atoms with Gasteiger partial charge >= 0.3 is 0 Å². The average molecular weight is 206 g/mol. The third kappa shape index (κ3) is 1.10. The van der Waals surface area contributed by atoms with Crippen LogP contribution < -0.4 is 0 Å². The van der Waals surface area contributed by atoms with Crippen LogP contribution in [0.25, 0.3) is 11.1 Å². The minimum Gasteiger partial charge on any atom is -0.0620 e. The summed E-state index contributed by atoms with van der Waals surface area (Å²) in [5, 5.41) is 0. The van der Waals surface area contributed by atoms with E-state index in [4.69, 9.17) is 0 Å². The summed E-state index contributed by atoms with van der Waals surface area (Å²) in [6, 6.07) is 13.6. The Bertz CT molecular complexity index is 579. The number of aryl methyl sites for hydroxylation is 2. The van der Waals surface area contributed by atoms with Crippen LogP contribution in [0.2, 0.25) is 0 Å². The van der Waals surface area contributed by atoms with Gasteiger partial charge in [-0.3, -0.25) is 0 Å². The van der Waals surface area contributed by atoms with Crippen LogP contribution in [-0.2, 0) is 19.3 Å². The van der Waals surface area contributed by atoms with E-state index in [1.165, 1.54) is 31.2 Å². The molecule has 0 nitrogen and oxygen atoms in total. The first kappa shape index (κ1) is 8.58. The fraction of sp³-hybridized carbons (Fsp3) is 0.250. The van der Waals surface area contributed by atoms with Crippen LogP contribution in [0, 0.1) is 0 Å². The number of hydrogen-bond donors (Lipinski definition) is 0. The molecule has 0 fully saturated rings. The van der Waals surface area contributed by atoms with E-state index < -0.39 is 0 Å². The summed E-state index contributed by atoms with van der Waals surface area (Å²) in [6.45, 7) is 0. The Hall–Kier alpha value is -1.56. The van der Waals surface area contributed by atoms with Crippen LogP contribution in [0.4, 0.5) is 0 Å². The lowest BCUT2D eigenvalue weighted by molar-refractivity contribution is 0.835. The smallest absolute Gasteiger partial charge is 0.00136 e. The van der Waals surface area contributed by atoms with Crippen molar-refractivity contribution in [2.45, 2.75) is 25.7 Å². The van der Waals surface area contributed by atoms with Crippen molar-refractivity contribution in [2.24, 2.45) is 0 Å². The van der Waals surface area contributed by atoms with Gasteiger partial charge < -0.3 is 0 Å². The predicted octanol–water partition coefficient (Wildman–Crippen LogP) is 3.75. The summed E-state index contributed by atoms with van der Waals surface area (Å²) in [5.74, 6) is 0. The minimum atomic E-state index is 1.23. The van der Waals surface area contributed by atoms with Gasteiger partial charge in [0.25, 0.3) is 0 Å². The molecule has 0 aromatic heterocycles. The molecule has 2 aliphatic rings. The molecule has 0 unspecified atom stereocenters. The van der Waals surface area contributed by atoms with Crippen molar-refractivity contribution in [3.05, 3.63) is 58.7 Å². The van der Waals surface area contributed by atoms with E-state index in [9.17, 15) is 0 Å². The summed E-state index contributed by atoms with van der Waals surface area (Å²) in [7, 11) is 0. The molecule has 0 heterocycles. The molecule has 0 atom stereocenters. The van der Waals surface area contributed by atoms with Gasteiger partial charge in [0.05, 0.1) is 0 Å². The number of benzene rings is 2. The van der Waals surface area contributed by atoms with Crippen LogP contribution in [0.5, 0.6) is 0 Å². The highest BCUT2D eigenvalue weighted by Gasteiger charge is 2.26. The molecule has 0 saturated heterocycles. The van der Waals surface area contributed by atoms with Crippen molar-refractivity contribution in [3.63, 3.8) is 0 Å². The Morgan fingerprint density at radius 2 is 1.56 bits per heavy atom. The number of hydrogen-bond acceptors (Lipinski definition) is 0. The zero-order valence-corrected chi connectivity index (χ0v) is 9.29. The molecule has 0 heteroatoms. The van der Waals surface area contributed by atoms with Gasteiger partial charge in [0.15, 0.2) is 0 Å². The molecular formula is C16H14. The quantitative estimate of drug-likeness (QED) is 0.525. The van der Waals surface area contributed by atoms with Gasteiger partial charge in [0, 0.05) is 0 Å². The molecule has 0 saturated carbocycles. The maximum atomic E-state index is 2.35. The fourth-order valence-electron chi connectivity index (χ4n) is 3.03. The Balaban J connectivity index is 2.06. The molecular weight excluding hydrogens is 192 g/mol. The van der Waals surface area contributed by atoms with Crippen LogP contribution in [0.15, 0.2) is 36.4 Å². The van der Waals surface area contributed by atoms with Gasteiger partial charge in [0.1, 0.15) is 0 Å². The van der Waals surface area contributed by atoms with Crippen molar-refractivity contribution < 1.29 is 0 Å². The SMILES string of the molecule is c1ccc2c(c1)CCCc1ccc3c(c1-2)C3. The molecule has 0 amide bonds. The zero-order valence-electron chi connectivity index (χ0n) is 9.29. The van der Waals surface area contributed by atoms with E-state index in [0.29, 0.717) is 0 Å². The molecule has 2 aliphatic carbocycles. The lowest BCUT2D eigenvalue weighted by Gasteiger charge is -2.08. The number of rotatable bonds is 0. The first-order valence-electron chi connectivity index (χ1n) is 6.15. The van der Waals surface area contributed by atoms with Gasteiger partial charge in [-0.25, -0.2) is 0 Å². The molecule has 0 bridgehead atoms. The van der Waals surface area contributed by atoms with Crippen molar-refractivity contribution in [1.82, 2.24) is 0 Å². The maximum Gasteiger partial charge on any atom is -0.00136 e. The molecule has 0 aliphatic heterocycles. The summed E-state index contributed by atoms with van der Waals surface area (Å²) < 4.78 is 0. The van der Waals surface area contributed by atoms with E-state index in [-0.39, 0.29) is 0 Å². The van der Waals surface area contributed by atoms with Crippen molar-refractivity contribution in [2.75, 3.05) is 0 Å². The molecule has 0 radical (unpaired) electrons. The lowest BCUT2D eigenvalue weighted by atomic mass is 9.96. The van der Waals surface area contributed by atoms with Crippen molar-refractivity contribution in [3.8, 4) is 11.1 Å². The van der Waals surface area contributed by atoms with Crippen LogP contribution >= 0.6 is 0 Å². The third-order valence-corrected chi connectivity index (χ3v) is 3.92. The monoisotopic (exact) mass is 206 g/mol. The zero-order chi connectivity index (χ0) is 10.5. The average Bonchev–Trinajstić information content (AvgIpc) is 3.10. The Kier molecular flexibility index (Phi) is 1.59. The molecule has 4 rings (SSSR count). The van der Waals surface area contributed by atoms with E-state index in [1.807, 2.05) is 0 Å². The second-order valence-electron chi connectivity index (χ2n) is 4.92. The Morgan fingerprint density at radius 1 is 0.750 bits per heavy atom. The van der Waals surface area contributed by atoms with Gasteiger partial charge in [0.2, 0.25) is 0 Å². The van der Waals surface area contributed by atoms with Gasteiger partial charge in [-0.05, 0) is 59.1 Å². The summed E-state index contributed by atoms with van der Waals surface area (Å²) >= 11 is 0. The van der Waals surface area contributed by atoms with Crippen LogP contribution in [0.1, 0.15) is 28.7 Å². The maximum absolute atomic E-state index is 2.35. The highest BCUT2D eigenvalue weighted by Crippen LogP contribution is 2.43. The Labute approximate surface area is 95.9 Å². The third-order valence-electron chi connectivity index (χ3n) is 3.92. The molecule has 78 valence electrons. The molecule has 0 spiro atoms. The topological polar surface area (TPSA) is 0 Å². The summed E-state index contributed by atoms with van der Waals surface area (Å²) in [4.78, 5) is 0. The first-order chi connectivity index (χ1) is 7.93. The standard InChI is InChI=1S/C16H14/c1-2-7-14-11(4-1)5-3-6-12-8-9-13-10-15(13)16(12)14/h1-2,4,7-9H,3,5-6,10H2. The molecule has 2 aromatic carbocycles. The Morgan fingerprint density at radius 3 is 2.56 bits per heavy atom. The summed E-state index contributed by atoms with van der Waals surface area (Å²) in [6.07, 6.45) is 5.00. The molecule has 2 aromatic rings.